The maximum Gasteiger partial charge on any atom is 0.157 e. The van der Waals surface area contributed by atoms with E-state index in [0.29, 0.717) is 12.3 Å². The van der Waals surface area contributed by atoms with Gasteiger partial charge in [-0.1, -0.05) is 13.8 Å². The van der Waals surface area contributed by atoms with E-state index in [1.165, 1.54) is 38.5 Å². The van der Waals surface area contributed by atoms with Crippen molar-refractivity contribution in [1.29, 1.82) is 0 Å². The molecule has 5 rings (SSSR count). The molecule has 0 aliphatic heterocycles. The van der Waals surface area contributed by atoms with Gasteiger partial charge in [0.1, 0.15) is 0 Å². The Morgan fingerprint density at radius 2 is 1.93 bits per heavy atom. The molecular formula is C25H38N2O2. The van der Waals surface area contributed by atoms with Gasteiger partial charge in [0.05, 0.1) is 12.1 Å². The van der Waals surface area contributed by atoms with Gasteiger partial charge >= 0.3 is 0 Å². The molecule has 1 heterocycles. The second-order valence-corrected chi connectivity index (χ2v) is 11.1. The van der Waals surface area contributed by atoms with Gasteiger partial charge < -0.3 is 5.11 Å². The van der Waals surface area contributed by atoms with Gasteiger partial charge in [-0.15, -0.1) is 0 Å². The lowest BCUT2D eigenvalue weighted by atomic mass is 9.48. The van der Waals surface area contributed by atoms with E-state index in [9.17, 15) is 9.90 Å². The first-order valence-corrected chi connectivity index (χ1v) is 12.2. The lowest BCUT2D eigenvalue weighted by molar-refractivity contribution is -0.133. The summed E-state index contributed by atoms with van der Waals surface area (Å²) in [4.78, 5) is 13.2. The molecule has 2 unspecified atom stereocenters. The van der Waals surface area contributed by atoms with Crippen LogP contribution >= 0.6 is 0 Å². The summed E-state index contributed by atoms with van der Waals surface area (Å²) in [5.41, 5.74) is -0.203. The number of nitrogens with zero attached hydrogens (tertiary/aromatic N) is 2. The minimum atomic E-state index is -0.394. The number of aromatic nitrogens is 2. The van der Waals surface area contributed by atoms with Gasteiger partial charge in [-0.2, -0.15) is 5.10 Å². The molecule has 0 saturated heterocycles. The summed E-state index contributed by atoms with van der Waals surface area (Å²) in [7, 11) is 0. The Labute approximate surface area is 175 Å². The number of carbonyl (C=O) groups excluding carboxylic acids is 1. The fraction of sp³-hybridized carbons (Fsp3) is 0.840. The number of carbonyl (C=O) groups is 1. The van der Waals surface area contributed by atoms with Crippen LogP contribution in [-0.2, 0) is 11.3 Å². The highest BCUT2D eigenvalue weighted by molar-refractivity contribution is 5.82. The quantitative estimate of drug-likeness (QED) is 0.788. The number of fused-ring (bicyclic) bond motifs is 5. The highest BCUT2D eigenvalue weighted by Gasteiger charge is 2.58. The molecule has 1 aromatic rings. The number of ketones is 1. The van der Waals surface area contributed by atoms with Crippen molar-refractivity contribution in [2.75, 3.05) is 0 Å². The molecular weight excluding hydrogens is 360 g/mol. The average Bonchev–Trinajstić information content (AvgIpc) is 3.34. The van der Waals surface area contributed by atoms with Crippen LogP contribution in [0.3, 0.4) is 0 Å². The SMILES string of the molecule is CC[C@@]1(O)CCC2[C@@H](CCC3[C@@H]2CC[C@]2(C)[C@@H](C(=O)Cn4cccn4)CC[C@@H]32)C1. The van der Waals surface area contributed by atoms with Gasteiger partial charge in [0.25, 0.3) is 0 Å². The van der Waals surface area contributed by atoms with Crippen molar-refractivity contribution in [1.82, 2.24) is 9.78 Å². The van der Waals surface area contributed by atoms with Crippen LogP contribution in [0.5, 0.6) is 0 Å². The topological polar surface area (TPSA) is 55.1 Å². The first-order valence-electron chi connectivity index (χ1n) is 12.2. The zero-order valence-corrected chi connectivity index (χ0v) is 18.2. The van der Waals surface area contributed by atoms with Crippen LogP contribution in [0, 0.1) is 40.9 Å². The molecule has 4 nitrogen and oxygen atoms in total. The fourth-order valence-corrected chi connectivity index (χ4v) is 8.48. The molecule has 0 spiro atoms. The third kappa shape index (κ3) is 3.21. The van der Waals surface area contributed by atoms with Gasteiger partial charge in [-0.3, -0.25) is 9.48 Å². The number of hydrogen-bond donors (Lipinski definition) is 1. The van der Waals surface area contributed by atoms with E-state index >= 15 is 0 Å². The molecule has 8 atom stereocenters. The van der Waals surface area contributed by atoms with Gasteiger partial charge in [-0.05, 0) is 105 Å². The molecule has 0 bridgehead atoms. The van der Waals surface area contributed by atoms with Gasteiger partial charge in [0.2, 0.25) is 0 Å². The van der Waals surface area contributed by atoms with Crippen molar-refractivity contribution in [3.8, 4) is 0 Å². The van der Waals surface area contributed by atoms with Crippen molar-refractivity contribution in [3.63, 3.8) is 0 Å². The highest BCUT2D eigenvalue weighted by Crippen LogP contribution is 2.64. The summed E-state index contributed by atoms with van der Waals surface area (Å²) < 4.78 is 1.80. The normalized spacial score (nSPS) is 46.6. The standard InChI is InChI=1S/C25H38N2O2/c1-3-25(29)12-10-18-17(15-25)5-6-20-19(18)9-11-24(2)21(20)7-8-22(24)23(28)16-27-14-4-13-26-27/h4,13-14,17-22,29H,3,5-12,15-16H2,1-2H3/t17-,18?,19+,20?,21-,22+,24-,25+/m0/s1. The first kappa shape index (κ1) is 19.8. The maximum absolute atomic E-state index is 13.2. The van der Waals surface area contributed by atoms with Crippen LogP contribution in [0.1, 0.15) is 78.1 Å². The molecule has 4 fully saturated rings. The molecule has 4 aliphatic carbocycles. The largest absolute Gasteiger partial charge is 0.390 e. The summed E-state index contributed by atoms with van der Waals surface area (Å²) in [6.07, 6.45) is 15.3. The van der Waals surface area contributed by atoms with E-state index in [1.807, 2.05) is 12.3 Å². The molecule has 160 valence electrons. The second kappa shape index (κ2) is 7.21. The monoisotopic (exact) mass is 398 g/mol. The van der Waals surface area contributed by atoms with Crippen LogP contribution in [0.4, 0.5) is 0 Å². The van der Waals surface area contributed by atoms with Gasteiger partial charge in [-0.25, -0.2) is 0 Å². The lowest BCUT2D eigenvalue weighted by Gasteiger charge is -2.57. The first-order chi connectivity index (χ1) is 13.9. The molecule has 29 heavy (non-hydrogen) atoms. The summed E-state index contributed by atoms with van der Waals surface area (Å²) in [6.45, 7) is 5.03. The number of aliphatic hydroxyl groups is 1. The molecule has 0 radical (unpaired) electrons. The van der Waals surface area contributed by atoms with Crippen molar-refractivity contribution in [3.05, 3.63) is 18.5 Å². The van der Waals surface area contributed by atoms with Crippen molar-refractivity contribution >= 4 is 5.78 Å². The van der Waals surface area contributed by atoms with E-state index in [0.717, 1.165) is 55.3 Å². The number of rotatable bonds is 4. The van der Waals surface area contributed by atoms with Crippen molar-refractivity contribution in [2.24, 2.45) is 40.9 Å². The Hall–Kier alpha value is -1.16. The summed E-state index contributed by atoms with van der Waals surface area (Å²) in [5.74, 6) is 4.55. The molecule has 1 N–H and O–H groups in total. The van der Waals surface area contributed by atoms with E-state index in [1.54, 1.807) is 10.9 Å². The average molecular weight is 399 g/mol. The van der Waals surface area contributed by atoms with Crippen LogP contribution in [0.25, 0.3) is 0 Å². The predicted molar refractivity (Wildman–Crippen MR) is 113 cm³/mol. The van der Waals surface area contributed by atoms with Gasteiger partial charge in [0.15, 0.2) is 5.78 Å². The smallest absolute Gasteiger partial charge is 0.157 e. The molecule has 1 aromatic heterocycles. The Bertz CT molecular complexity index is 746. The Morgan fingerprint density at radius 1 is 1.10 bits per heavy atom. The lowest BCUT2D eigenvalue weighted by Crippen LogP contribution is -2.51. The fourth-order valence-electron chi connectivity index (χ4n) is 8.48. The van der Waals surface area contributed by atoms with Crippen LogP contribution in [-0.4, -0.2) is 26.3 Å². The van der Waals surface area contributed by atoms with Crippen LogP contribution in [0.2, 0.25) is 0 Å². The zero-order chi connectivity index (χ0) is 20.2. The van der Waals surface area contributed by atoms with Crippen molar-refractivity contribution in [2.45, 2.75) is 90.2 Å². The summed E-state index contributed by atoms with van der Waals surface area (Å²) >= 11 is 0. The van der Waals surface area contributed by atoms with Gasteiger partial charge in [0, 0.05) is 18.3 Å². The Morgan fingerprint density at radius 3 is 2.69 bits per heavy atom. The zero-order valence-electron chi connectivity index (χ0n) is 18.2. The number of Topliss-reactive ketones (excluding diaryl/α,β-unsaturated/α-hetero) is 1. The molecule has 4 heteroatoms. The highest BCUT2D eigenvalue weighted by atomic mass is 16.3. The molecule has 4 saturated carbocycles. The summed E-state index contributed by atoms with van der Waals surface area (Å²) in [5, 5.41) is 15.1. The predicted octanol–water partition coefficient (Wildman–Crippen LogP) is 4.86. The van der Waals surface area contributed by atoms with E-state index in [-0.39, 0.29) is 11.3 Å². The minimum Gasteiger partial charge on any atom is -0.390 e. The van der Waals surface area contributed by atoms with Crippen LogP contribution in [0.15, 0.2) is 18.5 Å². The Balaban J connectivity index is 1.31. The maximum atomic E-state index is 13.2. The third-order valence-corrected chi connectivity index (χ3v) is 10.0. The Kier molecular flexibility index (Phi) is 4.92. The minimum absolute atomic E-state index is 0.192. The van der Waals surface area contributed by atoms with E-state index < -0.39 is 5.60 Å². The molecule has 0 aromatic carbocycles. The van der Waals surface area contributed by atoms with E-state index in [2.05, 4.69) is 18.9 Å². The molecule has 4 aliphatic rings. The third-order valence-electron chi connectivity index (χ3n) is 10.0. The summed E-state index contributed by atoms with van der Waals surface area (Å²) in [6, 6.07) is 1.90. The second-order valence-electron chi connectivity index (χ2n) is 11.1. The van der Waals surface area contributed by atoms with E-state index in [4.69, 9.17) is 0 Å². The molecule has 0 amide bonds. The van der Waals surface area contributed by atoms with Crippen LogP contribution < -0.4 is 0 Å². The number of hydrogen-bond acceptors (Lipinski definition) is 3. The van der Waals surface area contributed by atoms with Crippen molar-refractivity contribution < 1.29 is 9.90 Å².